The standard InChI is InChI=1S/C23H36N2O5/c1-6-16(2)7-9-21-17(3)15-20(19(5)30-21)24-22(26)10-8-18(4)29-23(27)25-11-13-28-14-12-25/h6-8,10,17-21H,1,9,11-15H2,2-5H3,(H,24,26). The smallest absolute Gasteiger partial charge is 0.410 e. The van der Waals surface area contributed by atoms with Gasteiger partial charge < -0.3 is 24.4 Å². The Morgan fingerprint density at radius 3 is 2.67 bits per heavy atom. The second-order valence-corrected chi connectivity index (χ2v) is 8.14. The molecule has 0 bridgehead atoms. The number of nitrogens with one attached hydrogen (secondary N) is 1. The summed E-state index contributed by atoms with van der Waals surface area (Å²) in [5.74, 6) is 0.121. The van der Waals surface area contributed by atoms with Gasteiger partial charge in [-0.05, 0) is 45.6 Å². The molecule has 1 N–H and O–H groups in total. The number of ether oxygens (including phenoxy) is 3. The number of morpholine rings is 1. The van der Waals surface area contributed by atoms with E-state index in [0.717, 1.165) is 18.4 Å². The Balaban J connectivity index is 1.78. The van der Waals surface area contributed by atoms with E-state index < -0.39 is 6.10 Å². The molecule has 2 aliphatic rings. The Hall–Kier alpha value is -2.12. The molecule has 0 aliphatic carbocycles. The first-order valence-electron chi connectivity index (χ1n) is 10.8. The second-order valence-electron chi connectivity index (χ2n) is 8.14. The van der Waals surface area contributed by atoms with Crippen molar-refractivity contribution in [1.29, 1.82) is 0 Å². The van der Waals surface area contributed by atoms with Gasteiger partial charge in [0.25, 0.3) is 0 Å². The Morgan fingerprint density at radius 2 is 2.00 bits per heavy atom. The number of hydrogen-bond donors (Lipinski definition) is 1. The molecule has 5 unspecified atom stereocenters. The topological polar surface area (TPSA) is 77.1 Å². The van der Waals surface area contributed by atoms with Gasteiger partial charge in [0.2, 0.25) is 5.91 Å². The summed E-state index contributed by atoms with van der Waals surface area (Å²) in [7, 11) is 0. The van der Waals surface area contributed by atoms with E-state index in [4.69, 9.17) is 14.2 Å². The number of carbonyl (C=O) groups excluding carboxylic acids is 2. The summed E-state index contributed by atoms with van der Waals surface area (Å²) in [6.07, 6.45) is 7.89. The van der Waals surface area contributed by atoms with E-state index in [2.05, 4.69) is 24.9 Å². The molecule has 2 fully saturated rings. The van der Waals surface area contributed by atoms with Crippen LogP contribution in [0.5, 0.6) is 0 Å². The van der Waals surface area contributed by atoms with E-state index in [9.17, 15) is 9.59 Å². The molecule has 0 radical (unpaired) electrons. The Kier molecular flexibility index (Phi) is 9.59. The third-order valence-corrected chi connectivity index (χ3v) is 5.61. The molecule has 7 heteroatoms. The maximum Gasteiger partial charge on any atom is 0.410 e. The fourth-order valence-electron chi connectivity index (χ4n) is 3.57. The molecule has 2 rings (SSSR count). The van der Waals surface area contributed by atoms with Gasteiger partial charge in [-0.2, -0.15) is 0 Å². The molecule has 2 heterocycles. The van der Waals surface area contributed by atoms with E-state index in [-0.39, 0.29) is 30.3 Å². The summed E-state index contributed by atoms with van der Waals surface area (Å²) in [6.45, 7) is 13.8. The van der Waals surface area contributed by atoms with Crippen molar-refractivity contribution in [3.8, 4) is 0 Å². The highest BCUT2D eigenvalue weighted by Gasteiger charge is 2.33. The lowest BCUT2D eigenvalue weighted by Gasteiger charge is -2.39. The van der Waals surface area contributed by atoms with Gasteiger partial charge in [-0.15, -0.1) is 0 Å². The molecular formula is C23H36N2O5. The van der Waals surface area contributed by atoms with Gasteiger partial charge in [0.15, 0.2) is 0 Å². The van der Waals surface area contributed by atoms with Crippen LogP contribution in [0.3, 0.4) is 0 Å². The summed E-state index contributed by atoms with van der Waals surface area (Å²) in [6, 6.07) is -0.0518. The first-order valence-corrected chi connectivity index (χ1v) is 10.8. The third kappa shape index (κ3) is 7.61. The molecule has 5 atom stereocenters. The fraction of sp³-hybridized carbons (Fsp3) is 0.652. The lowest BCUT2D eigenvalue weighted by molar-refractivity contribution is -0.123. The molecule has 0 aromatic rings. The molecule has 168 valence electrons. The Morgan fingerprint density at radius 1 is 1.30 bits per heavy atom. The van der Waals surface area contributed by atoms with Crippen LogP contribution in [0.25, 0.3) is 0 Å². The zero-order valence-electron chi connectivity index (χ0n) is 18.6. The molecule has 7 nitrogen and oxygen atoms in total. The van der Waals surface area contributed by atoms with Crippen LogP contribution in [0.1, 0.15) is 40.5 Å². The third-order valence-electron chi connectivity index (χ3n) is 5.61. The minimum absolute atomic E-state index is 0.0518. The van der Waals surface area contributed by atoms with Crippen molar-refractivity contribution >= 4 is 12.0 Å². The van der Waals surface area contributed by atoms with E-state index in [1.165, 1.54) is 6.08 Å². The van der Waals surface area contributed by atoms with Crippen molar-refractivity contribution in [3.63, 3.8) is 0 Å². The summed E-state index contributed by atoms with van der Waals surface area (Å²) in [5.41, 5.74) is 1.14. The van der Waals surface area contributed by atoms with Crippen molar-refractivity contribution in [2.24, 2.45) is 5.92 Å². The fourth-order valence-corrected chi connectivity index (χ4v) is 3.57. The largest absolute Gasteiger partial charge is 0.442 e. The minimum Gasteiger partial charge on any atom is -0.442 e. The van der Waals surface area contributed by atoms with Crippen LogP contribution >= 0.6 is 0 Å². The Labute approximate surface area is 180 Å². The van der Waals surface area contributed by atoms with E-state index in [1.54, 1.807) is 17.9 Å². The summed E-state index contributed by atoms with van der Waals surface area (Å²) in [4.78, 5) is 26.0. The predicted octanol–water partition coefficient (Wildman–Crippen LogP) is 3.22. The van der Waals surface area contributed by atoms with Gasteiger partial charge in [0.05, 0.1) is 31.5 Å². The lowest BCUT2D eigenvalue weighted by Crippen LogP contribution is -2.50. The maximum absolute atomic E-state index is 12.3. The maximum atomic E-state index is 12.3. The molecule has 2 aliphatic heterocycles. The second kappa shape index (κ2) is 11.9. The van der Waals surface area contributed by atoms with Crippen LogP contribution in [0.4, 0.5) is 4.79 Å². The number of allylic oxidation sites excluding steroid dienone is 2. The van der Waals surface area contributed by atoms with Gasteiger partial charge in [-0.25, -0.2) is 4.79 Å². The predicted molar refractivity (Wildman–Crippen MR) is 116 cm³/mol. The SMILES string of the molecule is C=CC(C)=CCC1OC(C)C(NC(=O)C=CC(C)OC(=O)N2CCOCC2)CC1C. The number of hydrogen-bond acceptors (Lipinski definition) is 5. The van der Waals surface area contributed by atoms with Crippen LogP contribution in [0.15, 0.2) is 36.5 Å². The van der Waals surface area contributed by atoms with Gasteiger partial charge >= 0.3 is 6.09 Å². The highest BCUT2D eigenvalue weighted by molar-refractivity contribution is 5.87. The van der Waals surface area contributed by atoms with Crippen LogP contribution in [0, 0.1) is 5.92 Å². The van der Waals surface area contributed by atoms with Crippen LogP contribution in [0.2, 0.25) is 0 Å². The molecular weight excluding hydrogens is 384 g/mol. The van der Waals surface area contributed by atoms with Gasteiger partial charge in [-0.3, -0.25) is 4.79 Å². The van der Waals surface area contributed by atoms with Crippen LogP contribution in [-0.4, -0.2) is 67.6 Å². The van der Waals surface area contributed by atoms with Crippen LogP contribution in [-0.2, 0) is 19.0 Å². The number of amides is 2. The summed E-state index contributed by atoms with van der Waals surface area (Å²) >= 11 is 0. The van der Waals surface area contributed by atoms with E-state index >= 15 is 0 Å². The number of nitrogens with zero attached hydrogens (tertiary/aromatic N) is 1. The van der Waals surface area contributed by atoms with Gasteiger partial charge in [0, 0.05) is 19.2 Å². The molecule has 0 aromatic carbocycles. The van der Waals surface area contributed by atoms with Gasteiger partial charge in [0.1, 0.15) is 6.10 Å². The number of rotatable bonds is 7. The minimum atomic E-state index is -0.491. The van der Waals surface area contributed by atoms with Crippen LogP contribution < -0.4 is 5.32 Å². The quantitative estimate of drug-likeness (QED) is 0.505. The summed E-state index contributed by atoms with van der Waals surface area (Å²) < 4.78 is 16.7. The average molecular weight is 421 g/mol. The van der Waals surface area contributed by atoms with Crippen molar-refractivity contribution in [1.82, 2.24) is 10.2 Å². The highest BCUT2D eigenvalue weighted by atomic mass is 16.6. The zero-order chi connectivity index (χ0) is 22.1. The average Bonchev–Trinajstić information content (AvgIpc) is 2.74. The first-order chi connectivity index (χ1) is 14.3. The monoisotopic (exact) mass is 420 g/mol. The number of carbonyl (C=O) groups is 2. The van der Waals surface area contributed by atoms with E-state index in [1.807, 2.05) is 19.9 Å². The van der Waals surface area contributed by atoms with Gasteiger partial charge in [-0.1, -0.05) is 31.2 Å². The zero-order valence-corrected chi connectivity index (χ0v) is 18.6. The molecule has 0 spiro atoms. The molecule has 2 amide bonds. The van der Waals surface area contributed by atoms with E-state index in [0.29, 0.717) is 32.2 Å². The van der Waals surface area contributed by atoms with Crippen molar-refractivity contribution < 1.29 is 23.8 Å². The lowest BCUT2D eigenvalue weighted by atomic mass is 9.88. The molecule has 0 saturated carbocycles. The molecule has 2 saturated heterocycles. The first kappa shape index (κ1) is 24.2. The Bertz CT molecular complexity index is 654. The van der Waals surface area contributed by atoms with Crippen molar-refractivity contribution in [3.05, 3.63) is 36.5 Å². The highest BCUT2D eigenvalue weighted by Crippen LogP contribution is 2.27. The molecule has 0 aromatic heterocycles. The molecule has 30 heavy (non-hydrogen) atoms. The van der Waals surface area contributed by atoms with Crippen molar-refractivity contribution in [2.45, 2.75) is 64.9 Å². The normalized spacial score (nSPS) is 28.8. The van der Waals surface area contributed by atoms with Crippen molar-refractivity contribution in [2.75, 3.05) is 26.3 Å². The summed E-state index contributed by atoms with van der Waals surface area (Å²) in [5, 5.41) is 3.02.